The highest BCUT2D eigenvalue weighted by molar-refractivity contribution is 5.83. The molecular weight excluding hydrogens is 388 g/mol. The number of carbonyl (C=O) groups excluding carboxylic acids is 1. The summed E-state index contributed by atoms with van der Waals surface area (Å²) in [4.78, 5) is 30.4. The normalized spacial score (nSPS) is 11.7. The standard InChI is InChI=1S/C26H32N2O3/c1-17-12-18(2)24-20(13-17)14-21(25(31)27-24)16-28(10-11-29)23(30)15-19-8-6-7-9-22(19)26(3,4)5/h6-9,12-14,29H,10-11,15-16H2,1-5H3,(H,27,31). The average Bonchev–Trinajstić information content (AvgIpc) is 2.68. The van der Waals surface area contributed by atoms with E-state index in [1.54, 1.807) is 4.90 Å². The van der Waals surface area contributed by atoms with Crippen molar-refractivity contribution in [2.75, 3.05) is 13.2 Å². The summed E-state index contributed by atoms with van der Waals surface area (Å²) in [5.41, 5.74) is 5.28. The molecule has 2 aromatic carbocycles. The number of hydrogen-bond donors (Lipinski definition) is 2. The Morgan fingerprint density at radius 3 is 2.45 bits per heavy atom. The van der Waals surface area contributed by atoms with Crippen LogP contribution in [0.25, 0.3) is 10.9 Å². The summed E-state index contributed by atoms with van der Waals surface area (Å²) in [5, 5.41) is 10.5. The maximum Gasteiger partial charge on any atom is 0.253 e. The van der Waals surface area contributed by atoms with E-state index in [1.807, 2.05) is 50.2 Å². The Morgan fingerprint density at radius 1 is 1.06 bits per heavy atom. The Bertz CT molecular complexity index is 1160. The van der Waals surface area contributed by atoms with Gasteiger partial charge in [-0.25, -0.2) is 0 Å². The Morgan fingerprint density at radius 2 is 1.77 bits per heavy atom. The maximum absolute atomic E-state index is 13.2. The minimum atomic E-state index is -0.203. The molecule has 1 amide bonds. The molecule has 0 fully saturated rings. The van der Waals surface area contributed by atoms with Crippen LogP contribution in [0.1, 0.15) is 48.6 Å². The summed E-state index contributed by atoms with van der Waals surface area (Å²) >= 11 is 0. The lowest BCUT2D eigenvalue weighted by atomic mass is 9.83. The molecular formula is C26H32N2O3. The van der Waals surface area contributed by atoms with Crippen molar-refractivity contribution < 1.29 is 9.90 Å². The van der Waals surface area contributed by atoms with E-state index in [2.05, 4.69) is 31.8 Å². The molecule has 0 spiro atoms. The lowest BCUT2D eigenvalue weighted by Crippen LogP contribution is -2.36. The molecule has 0 unspecified atom stereocenters. The Hall–Kier alpha value is -2.92. The monoisotopic (exact) mass is 420 g/mol. The number of aromatic amines is 1. The SMILES string of the molecule is Cc1cc(C)c2[nH]c(=O)c(CN(CCO)C(=O)Cc3ccccc3C(C)(C)C)cc2c1. The van der Waals surface area contributed by atoms with Crippen LogP contribution in [-0.2, 0) is 23.2 Å². The van der Waals surface area contributed by atoms with Gasteiger partial charge in [-0.1, -0.05) is 56.7 Å². The van der Waals surface area contributed by atoms with E-state index in [4.69, 9.17) is 0 Å². The number of aliphatic hydroxyl groups is 1. The molecule has 0 saturated heterocycles. The molecule has 1 heterocycles. The number of rotatable bonds is 6. The van der Waals surface area contributed by atoms with Gasteiger partial charge in [0.15, 0.2) is 0 Å². The molecule has 0 radical (unpaired) electrons. The molecule has 5 heteroatoms. The topological polar surface area (TPSA) is 73.4 Å². The second-order valence-electron chi connectivity index (χ2n) is 9.29. The molecule has 2 N–H and O–H groups in total. The molecule has 0 bridgehead atoms. The first-order valence-corrected chi connectivity index (χ1v) is 10.7. The first kappa shape index (κ1) is 22.8. The third kappa shape index (κ3) is 5.23. The van der Waals surface area contributed by atoms with E-state index >= 15 is 0 Å². The van der Waals surface area contributed by atoms with Crippen molar-refractivity contribution in [1.29, 1.82) is 0 Å². The molecule has 5 nitrogen and oxygen atoms in total. The first-order valence-electron chi connectivity index (χ1n) is 10.7. The van der Waals surface area contributed by atoms with Gasteiger partial charge in [0, 0.05) is 12.1 Å². The van der Waals surface area contributed by atoms with Crippen molar-refractivity contribution >= 4 is 16.8 Å². The van der Waals surface area contributed by atoms with Gasteiger partial charge in [-0.2, -0.15) is 0 Å². The Balaban J connectivity index is 1.91. The molecule has 31 heavy (non-hydrogen) atoms. The predicted molar refractivity (Wildman–Crippen MR) is 125 cm³/mol. The largest absolute Gasteiger partial charge is 0.395 e. The summed E-state index contributed by atoms with van der Waals surface area (Å²) < 4.78 is 0. The van der Waals surface area contributed by atoms with Crippen molar-refractivity contribution in [2.24, 2.45) is 0 Å². The van der Waals surface area contributed by atoms with Gasteiger partial charge in [0.25, 0.3) is 5.56 Å². The third-order valence-electron chi connectivity index (χ3n) is 5.62. The number of hydrogen-bond acceptors (Lipinski definition) is 3. The number of fused-ring (bicyclic) bond motifs is 1. The maximum atomic E-state index is 13.2. The van der Waals surface area contributed by atoms with Gasteiger partial charge in [0.2, 0.25) is 5.91 Å². The van der Waals surface area contributed by atoms with Crippen LogP contribution >= 0.6 is 0 Å². The number of aliphatic hydroxyl groups excluding tert-OH is 1. The molecule has 0 atom stereocenters. The Kier molecular flexibility index (Phi) is 6.65. The van der Waals surface area contributed by atoms with Gasteiger partial charge in [0.05, 0.1) is 25.1 Å². The fourth-order valence-electron chi connectivity index (χ4n) is 4.15. The van der Waals surface area contributed by atoms with E-state index in [9.17, 15) is 14.7 Å². The highest BCUT2D eigenvalue weighted by Gasteiger charge is 2.22. The molecule has 0 aliphatic rings. The van der Waals surface area contributed by atoms with Gasteiger partial charge in [-0.15, -0.1) is 0 Å². The van der Waals surface area contributed by atoms with Crippen LogP contribution in [0.3, 0.4) is 0 Å². The lowest BCUT2D eigenvalue weighted by Gasteiger charge is -2.25. The zero-order chi connectivity index (χ0) is 22.8. The van der Waals surface area contributed by atoms with Crippen LogP contribution in [0.4, 0.5) is 0 Å². The number of aryl methyl sites for hydroxylation is 2. The summed E-state index contributed by atoms with van der Waals surface area (Å²) in [6.07, 6.45) is 0.233. The fourth-order valence-corrected chi connectivity index (χ4v) is 4.15. The molecule has 3 aromatic rings. The molecule has 0 aliphatic heterocycles. The van der Waals surface area contributed by atoms with Gasteiger partial charge in [-0.3, -0.25) is 9.59 Å². The van der Waals surface area contributed by atoms with Crippen LogP contribution < -0.4 is 5.56 Å². The lowest BCUT2D eigenvalue weighted by molar-refractivity contribution is -0.131. The number of amides is 1. The van der Waals surface area contributed by atoms with E-state index < -0.39 is 0 Å². The molecule has 164 valence electrons. The van der Waals surface area contributed by atoms with Crippen molar-refractivity contribution in [3.63, 3.8) is 0 Å². The number of pyridine rings is 1. The van der Waals surface area contributed by atoms with Crippen molar-refractivity contribution in [3.8, 4) is 0 Å². The molecule has 0 saturated carbocycles. The van der Waals surface area contributed by atoms with Crippen LogP contribution in [0.15, 0.2) is 47.3 Å². The van der Waals surface area contributed by atoms with Gasteiger partial charge >= 0.3 is 0 Å². The minimum Gasteiger partial charge on any atom is -0.395 e. The summed E-state index contributed by atoms with van der Waals surface area (Å²) in [7, 11) is 0. The van der Waals surface area contributed by atoms with Crippen LogP contribution in [0, 0.1) is 13.8 Å². The van der Waals surface area contributed by atoms with Crippen LogP contribution in [0.2, 0.25) is 0 Å². The number of nitrogens with zero attached hydrogens (tertiary/aromatic N) is 1. The van der Waals surface area contributed by atoms with Crippen LogP contribution in [-0.4, -0.2) is 34.0 Å². The van der Waals surface area contributed by atoms with Gasteiger partial charge in [-0.05, 0) is 53.5 Å². The average molecular weight is 421 g/mol. The summed E-state index contributed by atoms with van der Waals surface area (Å²) in [5.74, 6) is -0.106. The smallest absolute Gasteiger partial charge is 0.253 e. The van der Waals surface area contributed by atoms with Crippen molar-refractivity contribution in [3.05, 3.63) is 80.6 Å². The zero-order valence-electron chi connectivity index (χ0n) is 19.1. The number of nitrogens with one attached hydrogen (secondary N) is 1. The highest BCUT2D eigenvalue weighted by Crippen LogP contribution is 2.26. The van der Waals surface area contributed by atoms with E-state index in [-0.39, 0.29) is 43.0 Å². The second kappa shape index (κ2) is 9.06. The number of benzene rings is 2. The number of carbonyl (C=O) groups is 1. The van der Waals surface area contributed by atoms with E-state index in [0.717, 1.165) is 33.2 Å². The third-order valence-corrected chi connectivity index (χ3v) is 5.62. The highest BCUT2D eigenvalue weighted by atomic mass is 16.3. The van der Waals surface area contributed by atoms with Crippen molar-refractivity contribution in [2.45, 2.75) is 53.0 Å². The van der Waals surface area contributed by atoms with Crippen molar-refractivity contribution in [1.82, 2.24) is 9.88 Å². The van der Waals surface area contributed by atoms with E-state index in [1.165, 1.54) is 0 Å². The molecule has 0 aliphatic carbocycles. The Labute approximate surface area is 183 Å². The predicted octanol–water partition coefficient (Wildman–Crippen LogP) is 4.01. The molecule has 3 rings (SSSR count). The minimum absolute atomic E-state index is 0.0795. The second-order valence-corrected chi connectivity index (χ2v) is 9.29. The summed E-state index contributed by atoms with van der Waals surface area (Å²) in [6, 6.07) is 13.9. The van der Waals surface area contributed by atoms with E-state index in [0.29, 0.717) is 5.56 Å². The zero-order valence-corrected chi connectivity index (χ0v) is 19.1. The molecule has 1 aromatic heterocycles. The van der Waals surface area contributed by atoms with Crippen LogP contribution in [0.5, 0.6) is 0 Å². The first-order chi connectivity index (χ1) is 14.6. The van der Waals surface area contributed by atoms with Gasteiger partial charge in [0.1, 0.15) is 0 Å². The number of aromatic nitrogens is 1. The summed E-state index contributed by atoms with van der Waals surface area (Å²) in [6.45, 7) is 10.6. The quantitative estimate of drug-likeness (QED) is 0.633. The number of H-pyrrole nitrogens is 1. The van der Waals surface area contributed by atoms with Gasteiger partial charge < -0.3 is 15.0 Å². The fraction of sp³-hybridized carbons (Fsp3) is 0.385.